The largest absolute Gasteiger partial charge is 0.494 e. The standard InChI is InChI=1S/C32H40ClN3O7S/c1-7-28(32(38)34-22(3)4)35(20-23-9-11-24(33)12-10-23)31(37)21-36(25-13-15-26(16-14-25)43-8-2)44(39,40)27-17-18-29(41-5)30(19-27)42-6/h9-19,22,28H,7-8,20-21H2,1-6H3,(H,34,38)/t28-/m0/s1. The molecule has 0 unspecified atom stereocenters. The second kappa shape index (κ2) is 15.7. The summed E-state index contributed by atoms with van der Waals surface area (Å²) >= 11 is 6.08. The van der Waals surface area contributed by atoms with E-state index in [1.807, 2.05) is 20.8 Å². The maximum atomic E-state index is 14.2. The van der Waals surface area contributed by atoms with Crippen LogP contribution in [0.15, 0.2) is 71.6 Å². The number of halogens is 1. The highest BCUT2D eigenvalue weighted by Crippen LogP contribution is 2.33. The van der Waals surface area contributed by atoms with E-state index < -0.39 is 28.5 Å². The molecular weight excluding hydrogens is 606 g/mol. The van der Waals surface area contributed by atoms with Crippen molar-refractivity contribution in [3.63, 3.8) is 0 Å². The number of rotatable bonds is 15. The maximum absolute atomic E-state index is 14.2. The van der Waals surface area contributed by atoms with E-state index in [9.17, 15) is 18.0 Å². The van der Waals surface area contributed by atoms with Crippen LogP contribution in [0.4, 0.5) is 5.69 Å². The lowest BCUT2D eigenvalue weighted by atomic mass is 10.1. The number of carbonyl (C=O) groups excluding carboxylic acids is 2. The highest BCUT2D eigenvalue weighted by Gasteiger charge is 2.34. The molecule has 0 aliphatic carbocycles. The van der Waals surface area contributed by atoms with Crippen LogP contribution in [0.3, 0.4) is 0 Å². The second-order valence-electron chi connectivity index (χ2n) is 10.2. The maximum Gasteiger partial charge on any atom is 0.264 e. The SMILES string of the molecule is CCOc1ccc(N(CC(=O)N(Cc2ccc(Cl)cc2)[C@@H](CC)C(=O)NC(C)C)S(=O)(=O)c2ccc(OC)c(OC)c2)cc1. The van der Waals surface area contributed by atoms with E-state index in [1.54, 1.807) is 55.5 Å². The Morgan fingerprint density at radius 1 is 0.909 bits per heavy atom. The second-order valence-corrected chi connectivity index (χ2v) is 12.5. The smallest absolute Gasteiger partial charge is 0.264 e. The Balaban J connectivity index is 2.11. The van der Waals surface area contributed by atoms with Gasteiger partial charge < -0.3 is 24.4 Å². The fraction of sp³-hybridized carbons (Fsp3) is 0.375. The number of anilines is 1. The summed E-state index contributed by atoms with van der Waals surface area (Å²) in [5.74, 6) is 0.217. The van der Waals surface area contributed by atoms with E-state index in [2.05, 4.69) is 5.32 Å². The lowest BCUT2D eigenvalue weighted by Gasteiger charge is -2.33. The van der Waals surface area contributed by atoms with Gasteiger partial charge in [0.05, 0.1) is 31.4 Å². The van der Waals surface area contributed by atoms with Crippen LogP contribution in [0.5, 0.6) is 17.2 Å². The van der Waals surface area contributed by atoms with E-state index in [4.69, 9.17) is 25.8 Å². The van der Waals surface area contributed by atoms with Crippen LogP contribution in [0.25, 0.3) is 0 Å². The number of amides is 2. The van der Waals surface area contributed by atoms with Crippen LogP contribution in [-0.4, -0.2) is 64.6 Å². The summed E-state index contributed by atoms with van der Waals surface area (Å²) in [5.41, 5.74) is 0.969. The Morgan fingerprint density at radius 2 is 1.55 bits per heavy atom. The van der Waals surface area contributed by atoms with E-state index in [0.29, 0.717) is 29.5 Å². The van der Waals surface area contributed by atoms with Gasteiger partial charge in [0.1, 0.15) is 18.3 Å². The number of hydrogen-bond acceptors (Lipinski definition) is 7. The molecule has 238 valence electrons. The molecule has 0 aromatic heterocycles. The molecule has 3 aromatic carbocycles. The van der Waals surface area contributed by atoms with Crippen LogP contribution >= 0.6 is 11.6 Å². The number of ether oxygens (including phenoxy) is 3. The van der Waals surface area contributed by atoms with Crippen molar-refractivity contribution in [1.82, 2.24) is 10.2 Å². The molecule has 12 heteroatoms. The van der Waals surface area contributed by atoms with E-state index in [0.717, 1.165) is 9.87 Å². The van der Waals surface area contributed by atoms with Gasteiger partial charge in [-0.1, -0.05) is 30.7 Å². The third kappa shape index (κ3) is 8.57. The number of carbonyl (C=O) groups is 2. The molecule has 0 aliphatic heterocycles. The normalized spacial score (nSPS) is 11.9. The summed E-state index contributed by atoms with van der Waals surface area (Å²) < 4.78 is 45.6. The molecule has 1 atom stereocenters. The Morgan fingerprint density at radius 3 is 2.09 bits per heavy atom. The van der Waals surface area contributed by atoms with Crippen LogP contribution in [0, 0.1) is 0 Å². The predicted molar refractivity (Wildman–Crippen MR) is 171 cm³/mol. The summed E-state index contributed by atoms with van der Waals surface area (Å²) in [7, 11) is -1.47. The topological polar surface area (TPSA) is 114 Å². The van der Waals surface area contributed by atoms with Crippen LogP contribution in [-0.2, 0) is 26.2 Å². The van der Waals surface area contributed by atoms with Gasteiger partial charge in [0.25, 0.3) is 10.0 Å². The third-order valence-corrected chi connectivity index (χ3v) is 8.76. The van der Waals surface area contributed by atoms with Gasteiger partial charge in [0, 0.05) is 23.7 Å². The summed E-state index contributed by atoms with van der Waals surface area (Å²) in [4.78, 5) is 28.8. The highest BCUT2D eigenvalue weighted by atomic mass is 35.5. The molecule has 1 N–H and O–H groups in total. The van der Waals surface area contributed by atoms with Crippen molar-refractivity contribution in [2.24, 2.45) is 0 Å². The first-order valence-electron chi connectivity index (χ1n) is 14.3. The van der Waals surface area contributed by atoms with Crippen molar-refractivity contribution in [2.75, 3.05) is 31.7 Å². The molecule has 0 saturated carbocycles. The third-order valence-electron chi connectivity index (χ3n) is 6.74. The molecular formula is C32H40ClN3O7S. The minimum Gasteiger partial charge on any atom is -0.494 e. The van der Waals surface area contributed by atoms with Gasteiger partial charge in [-0.15, -0.1) is 0 Å². The summed E-state index contributed by atoms with van der Waals surface area (Å²) in [6.45, 7) is 7.23. The minimum absolute atomic E-state index is 0.0630. The van der Waals surface area contributed by atoms with Crippen LogP contribution < -0.4 is 23.8 Å². The highest BCUT2D eigenvalue weighted by molar-refractivity contribution is 7.92. The molecule has 10 nitrogen and oxygen atoms in total. The molecule has 44 heavy (non-hydrogen) atoms. The molecule has 0 fully saturated rings. The first-order valence-corrected chi connectivity index (χ1v) is 16.1. The monoisotopic (exact) mass is 645 g/mol. The van der Waals surface area contributed by atoms with Crippen molar-refractivity contribution in [3.8, 4) is 17.2 Å². The van der Waals surface area contributed by atoms with E-state index in [-0.39, 0.29) is 34.8 Å². The molecule has 3 aromatic rings. The number of nitrogens with one attached hydrogen (secondary N) is 1. The zero-order valence-corrected chi connectivity index (χ0v) is 27.4. The van der Waals surface area contributed by atoms with Crippen LogP contribution in [0.2, 0.25) is 5.02 Å². The van der Waals surface area contributed by atoms with Gasteiger partial charge in [-0.3, -0.25) is 13.9 Å². The van der Waals surface area contributed by atoms with E-state index >= 15 is 0 Å². The Bertz CT molecular complexity index is 1510. The first kappa shape index (κ1) is 34.5. The number of benzene rings is 3. The fourth-order valence-electron chi connectivity index (χ4n) is 4.59. The van der Waals surface area contributed by atoms with Crippen molar-refractivity contribution < 1.29 is 32.2 Å². The van der Waals surface area contributed by atoms with Crippen molar-refractivity contribution in [2.45, 2.75) is 57.6 Å². The Kier molecular flexibility index (Phi) is 12.3. The molecule has 0 saturated heterocycles. The van der Waals surface area contributed by atoms with Gasteiger partial charge in [0.2, 0.25) is 11.8 Å². The molecule has 3 rings (SSSR count). The van der Waals surface area contributed by atoms with Gasteiger partial charge in [-0.25, -0.2) is 8.42 Å². The van der Waals surface area contributed by atoms with Gasteiger partial charge in [-0.05, 0) is 81.3 Å². The molecule has 0 heterocycles. The van der Waals surface area contributed by atoms with E-state index in [1.165, 1.54) is 37.3 Å². The van der Waals surface area contributed by atoms with Crippen LogP contribution in [0.1, 0.15) is 39.7 Å². The van der Waals surface area contributed by atoms with Crippen molar-refractivity contribution >= 4 is 39.1 Å². The molecule has 0 aliphatic rings. The Hall–Kier alpha value is -3.96. The quantitative estimate of drug-likeness (QED) is 0.239. The number of nitrogens with zero attached hydrogens (tertiary/aromatic N) is 2. The lowest BCUT2D eigenvalue weighted by Crippen LogP contribution is -2.53. The number of hydrogen-bond donors (Lipinski definition) is 1. The predicted octanol–water partition coefficient (Wildman–Crippen LogP) is 5.28. The van der Waals surface area contributed by atoms with Gasteiger partial charge in [-0.2, -0.15) is 0 Å². The van der Waals surface area contributed by atoms with Crippen molar-refractivity contribution in [3.05, 3.63) is 77.3 Å². The Labute approximate surface area is 264 Å². The lowest BCUT2D eigenvalue weighted by molar-refractivity contribution is -0.140. The first-order chi connectivity index (χ1) is 20.9. The molecule has 0 bridgehead atoms. The van der Waals surface area contributed by atoms with Gasteiger partial charge >= 0.3 is 0 Å². The van der Waals surface area contributed by atoms with Crippen molar-refractivity contribution in [1.29, 1.82) is 0 Å². The zero-order valence-electron chi connectivity index (χ0n) is 25.9. The minimum atomic E-state index is -4.32. The zero-order chi connectivity index (χ0) is 32.4. The summed E-state index contributed by atoms with van der Waals surface area (Å²) in [6, 6.07) is 16.5. The average molecular weight is 646 g/mol. The summed E-state index contributed by atoms with van der Waals surface area (Å²) in [5, 5.41) is 3.41. The summed E-state index contributed by atoms with van der Waals surface area (Å²) in [6.07, 6.45) is 0.309. The fourth-order valence-corrected chi connectivity index (χ4v) is 6.15. The molecule has 0 spiro atoms. The number of sulfonamides is 1. The number of methoxy groups -OCH3 is 2. The molecule has 2 amide bonds. The average Bonchev–Trinajstić information content (AvgIpc) is 3.00. The molecule has 0 radical (unpaired) electrons. The van der Waals surface area contributed by atoms with Gasteiger partial charge in [0.15, 0.2) is 11.5 Å².